The number of carbonyl (C=O) groups is 1. The van der Waals surface area contributed by atoms with Crippen molar-refractivity contribution < 1.29 is 18.7 Å². The largest absolute Gasteiger partial charge is 0.481 e. The fraction of sp³-hybridized carbons (Fsp3) is 0.562. The maximum Gasteiger partial charge on any atom is 0.314 e. The second-order valence-electron chi connectivity index (χ2n) is 6.10. The third kappa shape index (κ3) is 2.21. The van der Waals surface area contributed by atoms with Crippen molar-refractivity contribution in [2.75, 3.05) is 0 Å². The molecule has 2 aliphatic rings. The van der Waals surface area contributed by atoms with Crippen LogP contribution in [0.3, 0.4) is 0 Å². The summed E-state index contributed by atoms with van der Waals surface area (Å²) in [6.45, 7) is 0. The van der Waals surface area contributed by atoms with Gasteiger partial charge in [0, 0.05) is 12.8 Å². The lowest BCUT2D eigenvalue weighted by atomic mass is 9.67. The van der Waals surface area contributed by atoms with Crippen LogP contribution in [0.4, 0.5) is 8.78 Å². The minimum Gasteiger partial charge on any atom is -0.481 e. The Morgan fingerprint density at radius 1 is 1.10 bits per heavy atom. The van der Waals surface area contributed by atoms with E-state index in [1.165, 1.54) is 0 Å². The molecule has 0 heterocycles. The second-order valence-corrected chi connectivity index (χ2v) is 6.10. The Morgan fingerprint density at radius 2 is 1.70 bits per heavy atom. The number of rotatable bonds is 3. The van der Waals surface area contributed by atoms with Gasteiger partial charge in [0.2, 0.25) is 5.92 Å². The highest BCUT2D eigenvalue weighted by molar-refractivity contribution is 5.82. The van der Waals surface area contributed by atoms with Gasteiger partial charge in [0.15, 0.2) is 0 Å². The predicted octanol–water partition coefficient (Wildman–Crippen LogP) is 4.10. The molecule has 0 bridgehead atoms. The summed E-state index contributed by atoms with van der Waals surface area (Å²) in [5.41, 5.74) is 0.701. The first-order chi connectivity index (χ1) is 9.45. The normalized spacial score (nSPS) is 24.3. The van der Waals surface area contributed by atoms with Crippen LogP contribution in [0.5, 0.6) is 0 Å². The van der Waals surface area contributed by atoms with Crippen molar-refractivity contribution in [3.05, 3.63) is 35.4 Å². The molecule has 0 aliphatic heterocycles. The summed E-state index contributed by atoms with van der Waals surface area (Å²) in [5.74, 6) is -3.25. The maximum absolute atomic E-state index is 13.4. The van der Waals surface area contributed by atoms with Gasteiger partial charge in [-0.15, -0.1) is 0 Å². The van der Waals surface area contributed by atoms with Gasteiger partial charge < -0.3 is 5.11 Å². The van der Waals surface area contributed by atoms with E-state index < -0.39 is 17.3 Å². The van der Waals surface area contributed by atoms with Gasteiger partial charge in [-0.2, -0.15) is 0 Å². The second kappa shape index (κ2) is 4.54. The Labute approximate surface area is 116 Å². The van der Waals surface area contributed by atoms with Crippen molar-refractivity contribution in [1.82, 2.24) is 0 Å². The first kappa shape index (κ1) is 13.5. The Kier molecular flexibility index (Phi) is 3.07. The number of carboxylic acids is 1. The summed E-state index contributed by atoms with van der Waals surface area (Å²) in [7, 11) is 0. The van der Waals surface area contributed by atoms with Crippen LogP contribution in [-0.2, 0) is 10.2 Å². The zero-order valence-corrected chi connectivity index (χ0v) is 11.2. The lowest BCUT2D eigenvalue weighted by molar-refractivity contribution is -0.149. The van der Waals surface area contributed by atoms with Gasteiger partial charge in [0.05, 0.1) is 5.41 Å². The fourth-order valence-electron chi connectivity index (χ4n) is 3.32. The SMILES string of the molecule is O=C(O)C1(c2ccccc2C2CC2)CCC(F)(F)CC1. The van der Waals surface area contributed by atoms with Gasteiger partial charge in [0.25, 0.3) is 0 Å². The van der Waals surface area contributed by atoms with Crippen LogP contribution in [0.1, 0.15) is 55.6 Å². The first-order valence-electron chi connectivity index (χ1n) is 7.15. The highest BCUT2D eigenvalue weighted by Crippen LogP contribution is 2.50. The van der Waals surface area contributed by atoms with Crippen molar-refractivity contribution >= 4 is 5.97 Å². The van der Waals surface area contributed by atoms with E-state index in [1.807, 2.05) is 24.3 Å². The van der Waals surface area contributed by atoms with E-state index in [0.29, 0.717) is 5.92 Å². The molecule has 1 aromatic carbocycles. The molecule has 0 spiro atoms. The standard InChI is InChI=1S/C16H18F2O2/c17-16(18)9-7-15(8-10-16,14(19)20)13-4-2-1-3-12(13)11-5-6-11/h1-4,11H,5-10H2,(H,19,20). The Balaban J connectivity index is 2.02. The molecule has 2 nitrogen and oxygen atoms in total. The molecule has 0 aromatic heterocycles. The minimum absolute atomic E-state index is 0.0269. The van der Waals surface area contributed by atoms with Crippen molar-refractivity contribution in [3.63, 3.8) is 0 Å². The van der Waals surface area contributed by atoms with Crippen molar-refractivity contribution in [2.45, 2.75) is 55.8 Å². The molecule has 0 radical (unpaired) electrons. The molecule has 3 rings (SSSR count). The predicted molar refractivity (Wildman–Crippen MR) is 71.1 cm³/mol. The van der Waals surface area contributed by atoms with E-state index in [2.05, 4.69) is 0 Å². The van der Waals surface area contributed by atoms with Crippen LogP contribution in [0.2, 0.25) is 0 Å². The summed E-state index contributed by atoms with van der Waals surface area (Å²) in [5, 5.41) is 9.69. The third-order valence-corrected chi connectivity index (χ3v) is 4.74. The van der Waals surface area contributed by atoms with E-state index in [9.17, 15) is 18.7 Å². The van der Waals surface area contributed by atoms with Gasteiger partial charge in [-0.3, -0.25) is 4.79 Å². The van der Waals surface area contributed by atoms with Crippen LogP contribution < -0.4 is 0 Å². The molecule has 0 atom stereocenters. The number of hydrogen-bond acceptors (Lipinski definition) is 1. The molecule has 0 amide bonds. The summed E-state index contributed by atoms with van der Waals surface area (Å²) in [4.78, 5) is 11.8. The number of halogens is 2. The smallest absolute Gasteiger partial charge is 0.314 e. The number of carboxylic acid groups (broad SMARTS) is 1. The molecule has 20 heavy (non-hydrogen) atoms. The van der Waals surface area contributed by atoms with Gasteiger partial charge in [-0.25, -0.2) is 8.78 Å². The van der Waals surface area contributed by atoms with Gasteiger partial charge in [-0.1, -0.05) is 24.3 Å². The van der Waals surface area contributed by atoms with Crippen LogP contribution in [0, 0.1) is 0 Å². The number of aliphatic carboxylic acids is 1. The zero-order valence-electron chi connectivity index (χ0n) is 11.2. The van der Waals surface area contributed by atoms with Crippen molar-refractivity contribution in [1.29, 1.82) is 0 Å². The fourth-order valence-corrected chi connectivity index (χ4v) is 3.32. The molecule has 2 fully saturated rings. The van der Waals surface area contributed by atoms with Crippen molar-refractivity contribution in [3.8, 4) is 0 Å². The van der Waals surface area contributed by atoms with E-state index in [-0.39, 0.29) is 25.7 Å². The molecular weight excluding hydrogens is 262 g/mol. The zero-order chi connectivity index (χ0) is 14.4. The average Bonchev–Trinajstić information content (AvgIpc) is 3.23. The van der Waals surface area contributed by atoms with Gasteiger partial charge in [-0.05, 0) is 42.7 Å². The molecule has 0 unspecified atom stereocenters. The van der Waals surface area contributed by atoms with Crippen molar-refractivity contribution in [2.24, 2.45) is 0 Å². The number of benzene rings is 1. The average molecular weight is 280 g/mol. The van der Waals surface area contributed by atoms with E-state index in [4.69, 9.17) is 0 Å². The van der Waals surface area contributed by atoms with E-state index >= 15 is 0 Å². The lowest BCUT2D eigenvalue weighted by Gasteiger charge is -2.38. The molecule has 4 heteroatoms. The summed E-state index contributed by atoms with van der Waals surface area (Å²) >= 11 is 0. The summed E-state index contributed by atoms with van der Waals surface area (Å²) < 4.78 is 26.8. The van der Waals surface area contributed by atoms with E-state index in [0.717, 1.165) is 24.0 Å². The van der Waals surface area contributed by atoms with Gasteiger partial charge >= 0.3 is 5.97 Å². The van der Waals surface area contributed by atoms with Crippen LogP contribution >= 0.6 is 0 Å². The lowest BCUT2D eigenvalue weighted by Crippen LogP contribution is -2.43. The quantitative estimate of drug-likeness (QED) is 0.905. The summed E-state index contributed by atoms with van der Waals surface area (Å²) in [6.07, 6.45) is 1.53. The first-order valence-corrected chi connectivity index (χ1v) is 7.15. The topological polar surface area (TPSA) is 37.3 Å². The molecule has 108 valence electrons. The highest BCUT2D eigenvalue weighted by atomic mass is 19.3. The highest BCUT2D eigenvalue weighted by Gasteiger charge is 2.50. The monoisotopic (exact) mass is 280 g/mol. The third-order valence-electron chi connectivity index (χ3n) is 4.74. The molecule has 0 saturated heterocycles. The maximum atomic E-state index is 13.4. The molecule has 2 saturated carbocycles. The molecule has 1 N–H and O–H groups in total. The number of hydrogen-bond donors (Lipinski definition) is 1. The molecular formula is C16H18F2O2. The number of alkyl halides is 2. The Hall–Kier alpha value is -1.45. The Morgan fingerprint density at radius 3 is 2.25 bits per heavy atom. The molecule has 1 aromatic rings. The van der Waals surface area contributed by atoms with Crippen LogP contribution in [-0.4, -0.2) is 17.0 Å². The minimum atomic E-state index is -2.71. The Bertz CT molecular complexity index is 525. The van der Waals surface area contributed by atoms with Gasteiger partial charge in [0.1, 0.15) is 0 Å². The molecule has 2 aliphatic carbocycles. The van der Waals surface area contributed by atoms with Crippen LogP contribution in [0.15, 0.2) is 24.3 Å². The van der Waals surface area contributed by atoms with Crippen LogP contribution in [0.25, 0.3) is 0 Å². The van der Waals surface area contributed by atoms with E-state index in [1.54, 1.807) is 0 Å². The summed E-state index contributed by atoms with van der Waals surface area (Å²) in [6, 6.07) is 7.51.